The highest BCUT2D eigenvalue weighted by atomic mass is 16.4. The van der Waals surface area contributed by atoms with Gasteiger partial charge in [0.25, 0.3) is 0 Å². The maximum atomic E-state index is 11.6. The van der Waals surface area contributed by atoms with Crippen molar-refractivity contribution in [1.82, 2.24) is 20.3 Å². The summed E-state index contributed by atoms with van der Waals surface area (Å²) >= 11 is 0. The number of allylic oxidation sites excluding steroid dienone is 2. The number of H-pyrrole nitrogens is 3. The van der Waals surface area contributed by atoms with Crippen molar-refractivity contribution in [1.29, 1.82) is 0 Å². The molecule has 1 atom stereocenters. The quantitative estimate of drug-likeness (QED) is 0.261. The first-order valence-electron chi connectivity index (χ1n) is 14.6. The van der Waals surface area contributed by atoms with Gasteiger partial charge in [0.15, 0.2) is 0 Å². The van der Waals surface area contributed by atoms with Gasteiger partial charge in [-0.25, -0.2) is 0 Å². The standard InChI is InChI=1S/C34H40N4O4/c1-7-21-17(3)25-13-26-19(5)23(9-11-33(39)40)31(37-26)16-32-24(10-12-34(41)42)20(6)28(38-32)15-30-22(8-2)18(4)27(36-30)14-29(21)35-25/h8,13-16,30,35-38H,7,9-12H2,1-6H3,(H,39,40)(H,41,42)/b22-8-,25-13-,28-15-,29-14-,32-16-. The molecule has 2 aliphatic heterocycles. The molecule has 5 heterocycles. The lowest BCUT2D eigenvalue weighted by Crippen LogP contribution is -2.26. The number of aliphatic carboxylic acids is 2. The third-order valence-electron chi connectivity index (χ3n) is 8.88. The summed E-state index contributed by atoms with van der Waals surface area (Å²) in [6, 6.07) is -0.0516. The zero-order valence-corrected chi connectivity index (χ0v) is 25.2. The summed E-state index contributed by atoms with van der Waals surface area (Å²) in [5, 5.41) is 26.5. The van der Waals surface area contributed by atoms with E-state index in [-0.39, 0.29) is 18.9 Å². The highest BCUT2D eigenvalue weighted by Gasteiger charge is 2.24. The van der Waals surface area contributed by atoms with Crippen LogP contribution in [0.4, 0.5) is 0 Å². The lowest BCUT2D eigenvalue weighted by molar-refractivity contribution is -0.138. The number of hydrogen-bond donors (Lipinski definition) is 6. The smallest absolute Gasteiger partial charge is 0.303 e. The molecule has 0 aromatic carbocycles. The first-order chi connectivity index (χ1) is 20.0. The van der Waals surface area contributed by atoms with Crippen molar-refractivity contribution in [3.63, 3.8) is 0 Å². The van der Waals surface area contributed by atoms with Crippen molar-refractivity contribution in [3.05, 3.63) is 89.1 Å². The molecule has 0 aliphatic carbocycles. The van der Waals surface area contributed by atoms with E-state index in [0.717, 1.165) is 67.2 Å². The van der Waals surface area contributed by atoms with Crippen molar-refractivity contribution in [2.45, 2.75) is 79.7 Å². The SMILES string of the molecule is C/C=C1C(C)=C2/C=c3\[nH]/c(c(C)c3CC)=C\c3[nH]c(c(CCC(=O)O)c3C)/C=c3\[nH]/c(c(C)c3CCC(=O)O)=C\C/1N2. The van der Waals surface area contributed by atoms with Crippen LogP contribution in [0.5, 0.6) is 0 Å². The number of hydrogen-bond acceptors (Lipinski definition) is 3. The Morgan fingerprint density at radius 1 is 0.762 bits per heavy atom. The second-order valence-corrected chi connectivity index (χ2v) is 11.3. The third kappa shape index (κ3) is 5.29. The van der Waals surface area contributed by atoms with E-state index >= 15 is 0 Å². The minimum atomic E-state index is -0.847. The molecule has 0 spiro atoms. The van der Waals surface area contributed by atoms with Crippen molar-refractivity contribution in [3.8, 4) is 0 Å². The Morgan fingerprint density at radius 2 is 1.36 bits per heavy atom. The second-order valence-electron chi connectivity index (χ2n) is 11.3. The molecule has 6 N–H and O–H groups in total. The number of nitrogens with one attached hydrogen (secondary N) is 4. The summed E-state index contributed by atoms with van der Waals surface area (Å²) in [6.07, 6.45) is 12.3. The fraction of sp³-hybridized carbons (Fsp3) is 0.353. The van der Waals surface area contributed by atoms with Gasteiger partial charge in [-0.2, -0.15) is 0 Å². The van der Waals surface area contributed by atoms with Crippen LogP contribution in [0.1, 0.15) is 78.4 Å². The molecule has 8 bridgehead atoms. The Hall–Kier alpha value is -4.46. The normalized spacial score (nSPS) is 20.1. The largest absolute Gasteiger partial charge is 0.481 e. The van der Waals surface area contributed by atoms with Gasteiger partial charge in [0, 0.05) is 51.3 Å². The van der Waals surface area contributed by atoms with Crippen LogP contribution in [0.25, 0.3) is 24.3 Å². The molecular formula is C34H40N4O4. The van der Waals surface area contributed by atoms with Crippen LogP contribution in [0.2, 0.25) is 0 Å². The zero-order chi connectivity index (χ0) is 30.3. The van der Waals surface area contributed by atoms with Gasteiger partial charge in [-0.3, -0.25) is 9.59 Å². The maximum Gasteiger partial charge on any atom is 0.303 e. The van der Waals surface area contributed by atoms with Gasteiger partial charge in [-0.05, 0) is 123 Å². The first-order valence-corrected chi connectivity index (χ1v) is 14.6. The van der Waals surface area contributed by atoms with Crippen LogP contribution in [0, 0.1) is 20.8 Å². The Bertz CT molecular complexity index is 1910. The average molecular weight is 569 g/mol. The predicted octanol–water partition coefficient (Wildman–Crippen LogP) is 2.62. The summed E-state index contributed by atoms with van der Waals surface area (Å²) in [7, 11) is 0. The van der Waals surface area contributed by atoms with Gasteiger partial charge in [-0.15, -0.1) is 0 Å². The van der Waals surface area contributed by atoms with Crippen LogP contribution >= 0.6 is 0 Å². The number of carboxylic acids is 2. The van der Waals surface area contributed by atoms with Crippen molar-refractivity contribution in [2.24, 2.45) is 0 Å². The van der Waals surface area contributed by atoms with Gasteiger partial charge in [-0.1, -0.05) is 13.0 Å². The lowest BCUT2D eigenvalue weighted by Gasteiger charge is -2.09. The average Bonchev–Trinajstić information content (AvgIpc) is 3.59. The molecule has 0 saturated heterocycles. The van der Waals surface area contributed by atoms with Crippen LogP contribution in [0.3, 0.4) is 0 Å². The summed E-state index contributed by atoms with van der Waals surface area (Å²) < 4.78 is 0. The Balaban J connectivity index is 1.87. The molecule has 0 radical (unpaired) electrons. The van der Waals surface area contributed by atoms with Crippen LogP contribution < -0.4 is 26.7 Å². The van der Waals surface area contributed by atoms with Crippen molar-refractivity contribution in [2.75, 3.05) is 0 Å². The van der Waals surface area contributed by atoms with Gasteiger partial charge in [0.1, 0.15) is 0 Å². The second kappa shape index (κ2) is 11.4. The molecule has 8 heteroatoms. The molecule has 0 fully saturated rings. The maximum absolute atomic E-state index is 11.6. The monoisotopic (exact) mass is 568 g/mol. The van der Waals surface area contributed by atoms with E-state index in [1.807, 2.05) is 19.9 Å². The summed E-state index contributed by atoms with van der Waals surface area (Å²) in [5.74, 6) is -1.69. The van der Waals surface area contributed by atoms with Gasteiger partial charge in [0.2, 0.25) is 0 Å². The number of carboxylic acid groups (broad SMARTS) is 2. The predicted molar refractivity (Wildman–Crippen MR) is 166 cm³/mol. The topological polar surface area (TPSA) is 134 Å². The highest BCUT2D eigenvalue weighted by molar-refractivity contribution is 5.70. The van der Waals surface area contributed by atoms with Crippen LogP contribution in [0.15, 0.2) is 22.9 Å². The van der Waals surface area contributed by atoms with E-state index in [1.54, 1.807) is 0 Å². The van der Waals surface area contributed by atoms with Crippen molar-refractivity contribution >= 4 is 36.2 Å². The minimum Gasteiger partial charge on any atom is -0.481 e. The number of carbonyl (C=O) groups is 2. The molecule has 3 aromatic heterocycles. The number of aromatic amines is 3. The van der Waals surface area contributed by atoms with Crippen molar-refractivity contribution < 1.29 is 19.8 Å². The lowest BCUT2D eigenvalue weighted by atomic mass is 10.0. The molecule has 2 aliphatic rings. The van der Waals surface area contributed by atoms with Gasteiger partial charge in [0.05, 0.1) is 6.04 Å². The molecule has 8 nitrogen and oxygen atoms in total. The molecule has 0 saturated carbocycles. The Kier molecular flexibility index (Phi) is 7.91. The fourth-order valence-electron chi connectivity index (χ4n) is 6.44. The molecule has 42 heavy (non-hydrogen) atoms. The number of rotatable bonds is 7. The Morgan fingerprint density at radius 3 is 2.00 bits per heavy atom. The number of aromatic nitrogens is 3. The minimum absolute atomic E-state index is 0.0161. The van der Waals surface area contributed by atoms with E-state index in [4.69, 9.17) is 0 Å². The molecule has 3 aromatic rings. The summed E-state index contributed by atoms with van der Waals surface area (Å²) in [6.45, 7) is 12.6. The van der Waals surface area contributed by atoms with Gasteiger partial charge >= 0.3 is 11.9 Å². The molecule has 220 valence electrons. The summed E-state index contributed by atoms with van der Waals surface area (Å²) in [4.78, 5) is 33.9. The summed E-state index contributed by atoms with van der Waals surface area (Å²) in [5.41, 5.74) is 11.6. The van der Waals surface area contributed by atoms with E-state index in [2.05, 4.69) is 72.3 Å². The van der Waals surface area contributed by atoms with E-state index in [0.29, 0.717) is 12.8 Å². The molecule has 0 amide bonds. The third-order valence-corrected chi connectivity index (χ3v) is 8.88. The molecule has 5 rings (SSSR count). The number of fused-ring (bicyclic) bond motifs is 8. The van der Waals surface area contributed by atoms with Crippen LogP contribution in [-0.2, 0) is 28.9 Å². The van der Waals surface area contributed by atoms with E-state index in [1.165, 1.54) is 22.3 Å². The Labute approximate surface area is 245 Å². The highest BCUT2D eigenvalue weighted by Crippen LogP contribution is 2.27. The zero-order valence-electron chi connectivity index (χ0n) is 25.2. The molecule has 1 unspecified atom stereocenters. The first kappa shape index (κ1) is 29.0. The van der Waals surface area contributed by atoms with Gasteiger partial charge < -0.3 is 30.5 Å². The van der Waals surface area contributed by atoms with Crippen LogP contribution in [-0.4, -0.2) is 43.1 Å². The van der Waals surface area contributed by atoms with E-state index in [9.17, 15) is 19.8 Å². The van der Waals surface area contributed by atoms with E-state index < -0.39 is 11.9 Å². The fourth-order valence-corrected chi connectivity index (χ4v) is 6.44. The molecular weight excluding hydrogens is 528 g/mol.